The molecule has 1 unspecified atom stereocenters. The Labute approximate surface area is 117 Å². The van der Waals surface area contributed by atoms with E-state index in [0.29, 0.717) is 23.2 Å². The Kier molecular flexibility index (Phi) is 6.25. The van der Waals surface area contributed by atoms with Crippen LogP contribution < -0.4 is 10.6 Å². The molecule has 0 heterocycles. The van der Waals surface area contributed by atoms with Crippen molar-refractivity contribution in [3.63, 3.8) is 0 Å². The molecule has 1 aromatic rings. The van der Waals surface area contributed by atoms with Gasteiger partial charge in [0.1, 0.15) is 0 Å². The van der Waals surface area contributed by atoms with Gasteiger partial charge in [0.05, 0.1) is 12.6 Å². The molecular weight excluding hydrogens is 275 g/mol. The molecule has 2 N–H and O–H groups in total. The predicted molar refractivity (Wildman–Crippen MR) is 73.2 cm³/mol. The van der Waals surface area contributed by atoms with Crippen LogP contribution >= 0.6 is 23.2 Å². The number of rotatable bonds is 5. The molecule has 0 bridgehead atoms. The summed E-state index contributed by atoms with van der Waals surface area (Å²) >= 11 is 11.8. The Balaban J connectivity index is 2.42. The molecular formula is C12H16Cl2N2O2. The molecule has 0 aliphatic heterocycles. The number of halogens is 2. The molecule has 0 spiro atoms. The fourth-order valence-electron chi connectivity index (χ4n) is 1.41. The first kappa shape index (κ1) is 15.1. The number of carbonyl (C=O) groups excluding carboxylic acids is 1. The quantitative estimate of drug-likeness (QED) is 0.876. The highest BCUT2D eigenvalue weighted by atomic mass is 35.5. The molecule has 0 aliphatic carbocycles. The maximum Gasteiger partial charge on any atom is 0.315 e. The van der Waals surface area contributed by atoms with E-state index >= 15 is 0 Å². The van der Waals surface area contributed by atoms with Gasteiger partial charge in [0, 0.05) is 23.7 Å². The molecule has 6 heteroatoms. The number of methoxy groups -OCH3 is 1. The Hall–Kier alpha value is -0.970. The molecule has 1 rings (SSSR count). The van der Waals surface area contributed by atoms with Crippen LogP contribution in [0.5, 0.6) is 0 Å². The second kappa shape index (κ2) is 7.46. The summed E-state index contributed by atoms with van der Waals surface area (Å²) in [5.74, 6) is 0. The molecule has 0 saturated heterocycles. The Morgan fingerprint density at radius 3 is 2.78 bits per heavy atom. The van der Waals surface area contributed by atoms with Crippen molar-refractivity contribution >= 4 is 29.2 Å². The average molecular weight is 291 g/mol. The number of urea groups is 1. The molecule has 4 nitrogen and oxygen atoms in total. The molecule has 0 aliphatic rings. The summed E-state index contributed by atoms with van der Waals surface area (Å²) in [7, 11) is 1.59. The van der Waals surface area contributed by atoms with Crippen LogP contribution in [0.3, 0.4) is 0 Å². The average Bonchev–Trinajstić information content (AvgIpc) is 2.28. The van der Waals surface area contributed by atoms with Gasteiger partial charge < -0.3 is 15.4 Å². The highest BCUT2D eigenvalue weighted by Crippen LogP contribution is 2.20. The van der Waals surface area contributed by atoms with E-state index in [1.807, 2.05) is 6.92 Å². The lowest BCUT2D eigenvalue weighted by molar-refractivity contribution is 0.171. The minimum Gasteiger partial charge on any atom is -0.383 e. The fraction of sp³-hybridized carbons (Fsp3) is 0.417. The topological polar surface area (TPSA) is 50.4 Å². The van der Waals surface area contributed by atoms with Crippen molar-refractivity contribution in [3.05, 3.63) is 33.8 Å². The van der Waals surface area contributed by atoms with Gasteiger partial charge in [0.2, 0.25) is 0 Å². The van der Waals surface area contributed by atoms with Crippen molar-refractivity contribution in [2.45, 2.75) is 19.5 Å². The van der Waals surface area contributed by atoms with Gasteiger partial charge in [-0.25, -0.2) is 4.79 Å². The summed E-state index contributed by atoms with van der Waals surface area (Å²) in [6.07, 6.45) is 0. The number of hydrogen-bond donors (Lipinski definition) is 2. The molecule has 0 fully saturated rings. The number of nitrogens with one attached hydrogen (secondary N) is 2. The van der Waals surface area contributed by atoms with Crippen LogP contribution in [0.4, 0.5) is 4.79 Å². The van der Waals surface area contributed by atoms with E-state index in [1.54, 1.807) is 25.3 Å². The molecule has 2 amide bonds. The van der Waals surface area contributed by atoms with Crippen molar-refractivity contribution in [1.29, 1.82) is 0 Å². The number of carbonyl (C=O) groups is 1. The Morgan fingerprint density at radius 1 is 1.44 bits per heavy atom. The minimum absolute atomic E-state index is 0.0457. The number of benzene rings is 1. The highest BCUT2D eigenvalue weighted by Gasteiger charge is 2.07. The van der Waals surface area contributed by atoms with Crippen molar-refractivity contribution in [3.8, 4) is 0 Å². The highest BCUT2D eigenvalue weighted by molar-refractivity contribution is 6.35. The summed E-state index contributed by atoms with van der Waals surface area (Å²) in [6.45, 7) is 2.68. The molecule has 1 atom stereocenters. The number of ether oxygens (including phenoxy) is 1. The van der Waals surface area contributed by atoms with E-state index in [-0.39, 0.29) is 12.1 Å². The van der Waals surface area contributed by atoms with Crippen LogP contribution in [0.2, 0.25) is 10.0 Å². The zero-order chi connectivity index (χ0) is 13.5. The van der Waals surface area contributed by atoms with Gasteiger partial charge >= 0.3 is 6.03 Å². The van der Waals surface area contributed by atoms with Gasteiger partial charge in [-0.15, -0.1) is 0 Å². The molecule has 0 saturated carbocycles. The van der Waals surface area contributed by atoms with Gasteiger partial charge in [-0.05, 0) is 24.6 Å². The van der Waals surface area contributed by atoms with Crippen molar-refractivity contribution in [2.24, 2.45) is 0 Å². The fourth-order valence-corrected chi connectivity index (χ4v) is 1.88. The normalized spacial score (nSPS) is 12.0. The van der Waals surface area contributed by atoms with E-state index in [9.17, 15) is 4.79 Å². The van der Waals surface area contributed by atoms with Crippen LogP contribution in [0.1, 0.15) is 12.5 Å². The Bertz CT molecular complexity index is 413. The SMILES string of the molecule is COCC(C)NC(=O)NCc1ccc(Cl)cc1Cl. The van der Waals surface area contributed by atoms with E-state index in [1.165, 1.54) is 0 Å². The third-order valence-corrected chi connectivity index (χ3v) is 2.84. The zero-order valence-electron chi connectivity index (χ0n) is 10.3. The first-order valence-electron chi connectivity index (χ1n) is 5.50. The molecule has 0 aromatic heterocycles. The summed E-state index contributed by atoms with van der Waals surface area (Å²) in [4.78, 5) is 11.5. The van der Waals surface area contributed by atoms with Gasteiger partial charge in [-0.3, -0.25) is 0 Å². The van der Waals surface area contributed by atoms with Crippen molar-refractivity contribution in [1.82, 2.24) is 10.6 Å². The summed E-state index contributed by atoms with van der Waals surface area (Å²) in [5.41, 5.74) is 0.815. The summed E-state index contributed by atoms with van der Waals surface area (Å²) < 4.78 is 4.92. The molecule has 1 aromatic carbocycles. The molecule has 0 radical (unpaired) electrons. The number of amides is 2. The van der Waals surface area contributed by atoms with Gasteiger partial charge in [-0.1, -0.05) is 29.3 Å². The van der Waals surface area contributed by atoms with Crippen molar-refractivity contribution in [2.75, 3.05) is 13.7 Å². The number of hydrogen-bond acceptors (Lipinski definition) is 2. The third kappa shape index (κ3) is 5.12. The van der Waals surface area contributed by atoms with E-state index in [0.717, 1.165) is 5.56 Å². The first-order valence-corrected chi connectivity index (χ1v) is 6.25. The maximum absolute atomic E-state index is 11.5. The smallest absolute Gasteiger partial charge is 0.315 e. The lowest BCUT2D eigenvalue weighted by Gasteiger charge is -2.14. The van der Waals surface area contributed by atoms with Crippen LogP contribution in [0.15, 0.2) is 18.2 Å². The van der Waals surface area contributed by atoms with Gasteiger partial charge in [-0.2, -0.15) is 0 Å². The van der Waals surface area contributed by atoms with Crippen LogP contribution in [0, 0.1) is 0 Å². The van der Waals surface area contributed by atoms with E-state index in [2.05, 4.69) is 10.6 Å². The standard InChI is InChI=1S/C12H16Cl2N2O2/c1-8(7-18-2)16-12(17)15-6-9-3-4-10(13)5-11(9)14/h3-5,8H,6-7H2,1-2H3,(H2,15,16,17). The summed E-state index contributed by atoms with van der Waals surface area (Å²) in [6, 6.07) is 4.85. The summed E-state index contributed by atoms with van der Waals surface area (Å²) in [5, 5.41) is 6.56. The maximum atomic E-state index is 11.5. The van der Waals surface area contributed by atoms with Crippen LogP contribution in [0.25, 0.3) is 0 Å². The lowest BCUT2D eigenvalue weighted by atomic mass is 10.2. The first-order chi connectivity index (χ1) is 8.52. The lowest BCUT2D eigenvalue weighted by Crippen LogP contribution is -2.42. The van der Waals surface area contributed by atoms with Crippen LogP contribution in [-0.2, 0) is 11.3 Å². The van der Waals surface area contributed by atoms with E-state index < -0.39 is 0 Å². The Morgan fingerprint density at radius 2 is 2.17 bits per heavy atom. The van der Waals surface area contributed by atoms with Crippen molar-refractivity contribution < 1.29 is 9.53 Å². The predicted octanol–water partition coefficient (Wildman–Crippen LogP) is 2.83. The largest absolute Gasteiger partial charge is 0.383 e. The van der Waals surface area contributed by atoms with E-state index in [4.69, 9.17) is 27.9 Å². The second-order valence-corrected chi connectivity index (χ2v) is 4.76. The minimum atomic E-state index is -0.259. The van der Waals surface area contributed by atoms with Crippen LogP contribution in [-0.4, -0.2) is 25.8 Å². The monoisotopic (exact) mass is 290 g/mol. The molecule has 100 valence electrons. The van der Waals surface area contributed by atoms with Gasteiger partial charge in [0.15, 0.2) is 0 Å². The third-order valence-electron chi connectivity index (χ3n) is 2.25. The second-order valence-electron chi connectivity index (χ2n) is 3.92. The zero-order valence-corrected chi connectivity index (χ0v) is 11.8. The van der Waals surface area contributed by atoms with Gasteiger partial charge in [0.25, 0.3) is 0 Å². The molecule has 18 heavy (non-hydrogen) atoms.